The number of carboxylic acid groups (broad SMARTS) is 1. The maximum Gasteiger partial charge on any atom is 0.303 e. The van der Waals surface area contributed by atoms with E-state index < -0.39 is 5.97 Å². The lowest BCUT2D eigenvalue weighted by Gasteiger charge is -2.16. The van der Waals surface area contributed by atoms with Crippen molar-refractivity contribution >= 4 is 5.97 Å². The highest BCUT2D eigenvalue weighted by molar-refractivity contribution is 5.66. The third-order valence-electron chi connectivity index (χ3n) is 5.38. The maximum atomic E-state index is 10.9. The summed E-state index contributed by atoms with van der Waals surface area (Å²) in [6.07, 6.45) is 18.5. The lowest BCUT2D eigenvalue weighted by molar-refractivity contribution is -0.137. The molecule has 0 fully saturated rings. The zero-order valence-electron chi connectivity index (χ0n) is 16.9. The van der Waals surface area contributed by atoms with Crippen molar-refractivity contribution in [2.45, 2.75) is 109 Å². The molecule has 0 aliphatic rings. The second-order valence-corrected chi connectivity index (χ2v) is 7.72. The monoisotopic (exact) mass is 360 g/mol. The van der Waals surface area contributed by atoms with Crippen LogP contribution in [0, 0.1) is 0 Å². The fourth-order valence-corrected chi connectivity index (χ4v) is 3.73. The van der Waals surface area contributed by atoms with Crippen LogP contribution in [0.25, 0.3) is 0 Å². The molecular formula is C24H40O2. The first kappa shape index (κ1) is 22.7. The Labute approximate surface area is 161 Å². The van der Waals surface area contributed by atoms with Gasteiger partial charge in [0.2, 0.25) is 0 Å². The number of rotatable bonds is 17. The largest absolute Gasteiger partial charge is 0.481 e. The summed E-state index contributed by atoms with van der Waals surface area (Å²) in [5.41, 5.74) is 1.30. The van der Waals surface area contributed by atoms with Gasteiger partial charge in [0.15, 0.2) is 0 Å². The Bertz CT molecular complexity index is 441. The van der Waals surface area contributed by atoms with Crippen molar-refractivity contribution in [3.63, 3.8) is 0 Å². The molecule has 1 rings (SSSR count). The van der Waals surface area contributed by atoms with Crippen LogP contribution in [0.1, 0.15) is 115 Å². The number of hydrogen-bond acceptors (Lipinski definition) is 1. The maximum absolute atomic E-state index is 10.9. The van der Waals surface area contributed by atoms with E-state index in [-0.39, 0.29) is 6.42 Å². The van der Waals surface area contributed by atoms with Crippen molar-refractivity contribution in [2.24, 2.45) is 0 Å². The molecule has 2 nitrogen and oxygen atoms in total. The van der Waals surface area contributed by atoms with Crippen LogP contribution in [0.2, 0.25) is 0 Å². The number of carboxylic acids is 1. The van der Waals surface area contributed by atoms with Crippen LogP contribution in [-0.2, 0) is 4.79 Å². The Morgan fingerprint density at radius 2 is 1.27 bits per heavy atom. The van der Waals surface area contributed by atoms with Crippen LogP contribution < -0.4 is 0 Å². The molecule has 0 saturated heterocycles. The summed E-state index contributed by atoms with van der Waals surface area (Å²) in [6.45, 7) is 2.27. The van der Waals surface area contributed by atoms with Gasteiger partial charge in [-0.05, 0) is 24.3 Å². The minimum absolute atomic E-state index is 0.276. The Balaban J connectivity index is 2.07. The first-order chi connectivity index (χ1) is 12.7. The Morgan fingerprint density at radius 3 is 1.77 bits per heavy atom. The van der Waals surface area contributed by atoms with Crippen molar-refractivity contribution in [1.29, 1.82) is 0 Å². The van der Waals surface area contributed by atoms with E-state index in [1.54, 1.807) is 0 Å². The van der Waals surface area contributed by atoms with Gasteiger partial charge in [-0.25, -0.2) is 0 Å². The van der Waals surface area contributed by atoms with Crippen molar-refractivity contribution in [1.82, 2.24) is 0 Å². The number of aliphatic carboxylic acids is 1. The SMILES string of the molecule is CCCCCCCCCCCCCCC(CCC(=O)O)c1ccccc1. The van der Waals surface area contributed by atoms with E-state index in [4.69, 9.17) is 5.11 Å². The average molecular weight is 361 g/mol. The lowest BCUT2D eigenvalue weighted by Crippen LogP contribution is -2.03. The minimum Gasteiger partial charge on any atom is -0.481 e. The fourth-order valence-electron chi connectivity index (χ4n) is 3.73. The second kappa shape index (κ2) is 15.9. The van der Waals surface area contributed by atoms with Gasteiger partial charge in [0.1, 0.15) is 0 Å². The molecule has 0 saturated carbocycles. The van der Waals surface area contributed by atoms with Gasteiger partial charge < -0.3 is 5.11 Å². The Hall–Kier alpha value is -1.31. The summed E-state index contributed by atoms with van der Waals surface area (Å²) < 4.78 is 0. The molecule has 2 heteroatoms. The van der Waals surface area contributed by atoms with E-state index in [0.29, 0.717) is 5.92 Å². The molecular weight excluding hydrogens is 320 g/mol. The molecule has 1 N–H and O–H groups in total. The van der Waals surface area contributed by atoms with Gasteiger partial charge in [-0.15, -0.1) is 0 Å². The van der Waals surface area contributed by atoms with Crippen LogP contribution >= 0.6 is 0 Å². The Kier molecular flexibility index (Phi) is 13.9. The van der Waals surface area contributed by atoms with E-state index in [2.05, 4.69) is 31.2 Å². The molecule has 0 amide bonds. The summed E-state index contributed by atoms with van der Waals surface area (Å²) in [7, 11) is 0. The molecule has 1 aromatic rings. The smallest absolute Gasteiger partial charge is 0.303 e. The molecule has 0 aliphatic carbocycles. The van der Waals surface area contributed by atoms with Crippen LogP contribution in [0.15, 0.2) is 30.3 Å². The lowest BCUT2D eigenvalue weighted by atomic mass is 9.89. The molecule has 1 atom stereocenters. The molecule has 0 bridgehead atoms. The number of carbonyl (C=O) groups is 1. The average Bonchev–Trinajstić information content (AvgIpc) is 2.65. The molecule has 0 aromatic heterocycles. The van der Waals surface area contributed by atoms with Gasteiger partial charge in [-0.2, -0.15) is 0 Å². The highest BCUT2D eigenvalue weighted by atomic mass is 16.4. The molecule has 148 valence electrons. The van der Waals surface area contributed by atoms with Gasteiger partial charge in [-0.1, -0.05) is 114 Å². The van der Waals surface area contributed by atoms with Gasteiger partial charge in [-0.3, -0.25) is 4.79 Å². The van der Waals surface area contributed by atoms with Crippen molar-refractivity contribution in [3.05, 3.63) is 35.9 Å². The van der Waals surface area contributed by atoms with Crippen molar-refractivity contribution in [3.8, 4) is 0 Å². The first-order valence-electron chi connectivity index (χ1n) is 11.0. The van der Waals surface area contributed by atoms with E-state index in [9.17, 15) is 4.79 Å². The molecule has 26 heavy (non-hydrogen) atoms. The highest BCUT2D eigenvalue weighted by Crippen LogP contribution is 2.27. The predicted octanol–water partition coefficient (Wildman–Crippen LogP) is 7.73. The van der Waals surface area contributed by atoms with Crippen LogP contribution in [0.4, 0.5) is 0 Å². The summed E-state index contributed by atoms with van der Waals surface area (Å²) in [5, 5.41) is 8.98. The molecule has 0 heterocycles. The predicted molar refractivity (Wildman–Crippen MR) is 112 cm³/mol. The topological polar surface area (TPSA) is 37.3 Å². The quantitative estimate of drug-likeness (QED) is 0.289. The van der Waals surface area contributed by atoms with Gasteiger partial charge in [0.25, 0.3) is 0 Å². The molecule has 0 aliphatic heterocycles. The van der Waals surface area contributed by atoms with Crippen molar-refractivity contribution in [2.75, 3.05) is 0 Å². The third kappa shape index (κ3) is 12.1. The minimum atomic E-state index is -0.680. The molecule has 1 unspecified atom stereocenters. The zero-order chi connectivity index (χ0) is 18.9. The zero-order valence-corrected chi connectivity index (χ0v) is 16.9. The molecule has 0 radical (unpaired) electrons. The highest BCUT2D eigenvalue weighted by Gasteiger charge is 2.12. The third-order valence-corrected chi connectivity index (χ3v) is 5.38. The van der Waals surface area contributed by atoms with Gasteiger partial charge >= 0.3 is 5.97 Å². The summed E-state index contributed by atoms with van der Waals surface area (Å²) in [6, 6.07) is 10.4. The Morgan fingerprint density at radius 1 is 0.769 bits per heavy atom. The summed E-state index contributed by atoms with van der Waals surface area (Å²) in [4.78, 5) is 10.9. The number of benzene rings is 1. The van der Waals surface area contributed by atoms with Crippen LogP contribution in [0.3, 0.4) is 0 Å². The van der Waals surface area contributed by atoms with Gasteiger partial charge in [0, 0.05) is 6.42 Å². The first-order valence-corrected chi connectivity index (χ1v) is 11.0. The van der Waals surface area contributed by atoms with Crippen LogP contribution in [0.5, 0.6) is 0 Å². The molecule has 1 aromatic carbocycles. The van der Waals surface area contributed by atoms with Gasteiger partial charge in [0.05, 0.1) is 0 Å². The van der Waals surface area contributed by atoms with Crippen molar-refractivity contribution < 1.29 is 9.90 Å². The number of hydrogen-bond donors (Lipinski definition) is 1. The standard InChI is InChI=1S/C24H40O2/c1-2-3-4-5-6-7-8-9-10-11-12-14-19-23(20-21-24(25)26)22-17-15-13-16-18-22/h13,15-18,23H,2-12,14,19-21H2,1H3,(H,25,26). The second-order valence-electron chi connectivity index (χ2n) is 7.72. The molecule has 0 spiro atoms. The fraction of sp³-hybridized carbons (Fsp3) is 0.708. The van der Waals surface area contributed by atoms with E-state index in [1.807, 2.05) is 6.07 Å². The normalized spacial score (nSPS) is 12.2. The van der Waals surface area contributed by atoms with Crippen LogP contribution in [-0.4, -0.2) is 11.1 Å². The summed E-state index contributed by atoms with van der Waals surface area (Å²) >= 11 is 0. The van der Waals surface area contributed by atoms with E-state index in [0.717, 1.165) is 12.8 Å². The number of unbranched alkanes of at least 4 members (excludes halogenated alkanes) is 11. The van der Waals surface area contributed by atoms with E-state index in [1.165, 1.54) is 82.6 Å². The summed E-state index contributed by atoms with van der Waals surface area (Å²) in [5.74, 6) is -0.281. The van der Waals surface area contributed by atoms with E-state index >= 15 is 0 Å².